The molecule has 2 heteroatoms. The predicted octanol–water partition coefficient (Wildman–Crippen LogP) is 0.944. The molecule has 0 radical (unpaired) electrons. The number of hydrogen-bond donors (Lipinski definition) is 2. The molecule has 0 aromatic rings. The number of aliphatic hydroxyl groups excluding tert-OH is 2. The van der Waals surface area contributed by atoms with Gasteiger partial charge in [-0.05, 0) is 19.8 Å². The Morgan fingerprint density at radius 3 is 1.56 bits per heavy atom. The van der Waals surface area contributed by atoms with E-state index in [4.69, 9.17) is 10.2 Å². The van der Waals surface area contributed by atoms with Gasteiger partial charge in [0.25, 0.3) is 0 Å². The minimum Gasteiger partial charge on any atom is -0.396 e. The van der Waals surface area contributed by atoms with E-state index in [1.165, 1.54) is 0 Å². The summed E-state index contributed by atoms with van der Waals surface area (Å²) in [6.45, 7) is 5.64. The molecular formula is C7H16O2. The van der Waals surface area contributed by atoms with Gasteiger partial charge >= 0.3 is 0 Å². The first-order valence-corrected chi connectivity index (χ1v) is 3.12. The Labute approximate surface area is 56.8 Å². The molecular weight excluding hydrogens is 116 g/mol. The van der Waals surface area contributed by atoms with Crippen molar-refractivity contribution in [2.75, 3.05) is 13.2 Å². The molecule has 0 aliphatic carbocycles. The lowest BCUT2D eigenvalue weighted by atomic mass is 10.3. The van der Waals surface area contributed by atoms with Crippen molar-refractivity contribution in [3.05, 3.63) is 12.7 Å². The van der Waals surface area contributed by atoms with Crippen LogP contribution in [0.2, 0.25) is 0 Å². The summed E-state index contributed by atoms with van der Waals surface area (Å²) in [5, 5.41) is 16.2. The first kappa shape index (κ1) is 11.5. The van der Waals surface area contributed by atoms with E-state index in [0.717, 1.165) is 12.8 Å². The highest BCUT2D eigenvalue weighted by Crippen LogP contribution is 1.80. The summed E-state index contributed by atoms with van der Waals surface area (Å²) >= 11 is 0. The maximum absolute atomic E-state index is 8.09. The van der Waals surface area contributed by atoms with E-state index in [-0.39, 0.29) is 13.2 Å². The van der Waals surface area contributed by atoms with Gasteiger partial charge in [0, 0.05) is 13.2 Å². The maximum atomic E-state index is 8.09. The standard InChI is InChI=1S/C4H10O2.C3H6/c5-3-1-2-4-6;1-3-2/h5-6H,1-4H2;3H,1H2,2H3. The highest BCUT2D eigenvalue weighted by molar-refractivity contribution is 4.51. The third-order valence-corrected chi connectivity index (χ3v) is 0.566. The van der Waals surface area contributed by atoms with Crippen molar-refractivity contribution in [1.82, 2.24) is 0 Å². The molecule has 0 aromatic heterocycles. The Morgan fingerprint density at radius 2 is 1.44 bits per heavy atom. The highest BCUT2D eigenvalue weighted by atomic mass is 16.3. The molecule has 9 heavy (non-hydrogen) atoms. The summed E-state index contributed by atoms with van der Waals surface area (Å²) in [4.78, 5) is 0. The van der Waals surface area contributed by atoms with Gasteiger partial charge in [0.15, 0.2) is 0 Å². The van der Waals surface area contributed by atoms with Crippen LogP contribution in [-0.2, 0) is 0 Å². The molecule has 0 aliphatic heterocycles. The SMILES string of the molecule is C=CC.OCCCCO. The van der Waals surface area contributed by atoms with Crippen LogP contribution < -0.4 is 0 Å². The van der Waals surface area contributed by atoms with Crippen molar-refractivity contribution in [3.63, 3.8) is 0 Å². The monoisotopic (exact) mass is 132 g/mol. The lowest BCUT2D eigenvalue weighted by Crippen LogP contribution is -1.85. The summed E-state index contributed by atoms with van der Waals surface area (Å²) in [5.41, 5.74) is 0. The third-order valence-electron chi connectivity index (χ3n) is 0.566. The molecule has 0 rings (SSSR count). The fourth-order valence-corrected chi connectivity index (χ4v) is 0.224. The van der Waals surface area contributed by atoms with E-state index in [2.05, 4.69) is 6.58 Å². The number of unbranched alkanes of at least 4 members (excludes halogenated alkanes) is 1. The molecule has 0 spiro atoms. The van der Waals surface area contributed by atoms with Gasteiger partial charge in [-0.1, -0.05) is 6.08 Å². The molecule has 0 saturated heterocycles. The number of hydrogen-bond acceptors (Lipinski definition) is 2. The van der Waals surface area contributed by atoms with Gasteiger partial charge in [0.1, 0.15) is 0 Å². The second-order valence-electron chi connectivity index (χ2n) is 1.56. The molecule has 0 fully saturated rings. The normalized spacial score (nSPS) is 7.44. The smallest absolute Gasteiger partial charge is 0.0431 e. The van der Waals surface area contributed by atoms with Crippen molar-refractivity contribution in [3.8, 4) is 0 Å². The number of aliphatic hydroxyl groups is 2. The van der Waals surface area contributed by atoms with Crippen LogP contribution in [0.1, 0.15) is 19.8 Å². The van der Waals surface area contributed by atoms with Gasteiger partial charge in [-0.25, -0.2) is 0 Å². The Bertz CT molecular complexity index is 40.2. The zero-order valence-electron chi connectivity index (χ0n) is 6.01. The predicted molar refractivity (Wildman–Crippen MR) is 39.3 cm³/mol. The molecule has 0 unspecified atom stereocenters. The maximum Gasteiger partial charge on any atom is 0.0431 e. The van der Waals surface area contributed by atoms with Crippen LogP contribution in [0.4, 0.5) is 0 Å². The Hall–Kier alpha value is -0.340. The van der Waals surface area contributed by atoms with Crippen molar-refractivity contribution in [2.45, 2.75) is 19.8 Å². The van der Waals surface area contributed by atoms with E-state index in [1.54, 1.807) is 6.08 Å². The second kappa shape index (κ2) is 15.6. The summed E-state index contributed by atoms with van der Waals surface area (Å²) in [6, 6.07) is 0. The van der Waals surface area contributed by atoms with Crippen LogP contribution in [0.25, 0.3) is 0 Å². The molecule has 0 aromatic carbocycles. The molecule has 2 N–H and O–H groups in total. The first-order chi connectivity index (χ1) is 4.33. The topological polar surface area (TPSA) is 40.5 Å². The minimum absolute atomic E-state index is 0.195. The largest absolute Gasteiger partial charge is 0.396 e. The molecule has 0 aliphatic rings. The number of rotatable bonds is 3. The second-order valence-corrected chi connectivity index (χ2v) is 1.56. The number of allylic oxidation sites excluding steroid dienone is 1. The first-order valence-electron chi connectivity index (χ1n) is 3.12. The van der Waals surface area contributed by atoms with Gasteiger partial charge in [0.2, 0.25) is 0 Å². The van der Waals surface area contributed by atoms with E-state index < -0.39 is 0 Å². The van der Waals surface area contributed by atoms with Gasteiger partial charge in [0.05, 0.1) is 0 Å². The van der Waals surface area contributed by atoms with Crippen molar-refractivity contribution < 1.29 is 10.2 Å². The fraction of sp³-hybridized carbons (Fsp3) is 0.714. The summed E-state index contributed by atoms with van der Waals surface area (Å²) in [7, 11) is 0. The van der Waals surface area contributed by atoms with Crippen molar-refractivity contribution in [1.29, 1.82) is 0 Å². The summed E-state index contributed by atoms with van der Waals surface area (Å²) < 4.78 is 0. The summed E-state index contributed by atoms with van der Waals surface area (Å²) in [5.74, 6) is 0. The van der Waals surface area contributed by atoms with Crippen LogP contribution in [0.5, 0.6) is 0 Å². The Morgan fingerprint density at radius 1 is 1.22 bits per heavy atom. The molecule has 0 saturated carbocycles. The molecule has 0 heterocycles. The average Bonchev–Trinajstić information content (AvgIpc) is 1.86. The van der Waals surface area contributed by atoms with E-state index in [1.807, 2.05) is 6.92 Å². The van der Waals surface area contributed by atoms with E-state index in [9.17, 15) is 0 Å². The lowest BCUT2D eigenvalue weighted by Gasteiger charge is -1.85. The molecule has 2 nitrogen and oxygen atoms in total. The van der Waals surface area contributed by atoms with Crippen molar-refractivity contribution in [2.24, 2.45) is 0 Å². The van der Waals surface area contributed by atoms with Gasteiger partial charge < -0.3 is 10.2 Å². The molecule has 0 atom stereocenters. The van der Waals surface area contributed by atoms with Crippen LogP contribution in [0.3, 0.4) is 0 Å². The molecule has 0 bridgehead atoms. The van der Waals surface area contributed by atoms with E-state index in [0.29, 0.717) is 0 Å². The zero-order valence-corrected chi connectivity index (χ0v) is 6.01. The van der Waals surface area contributed by atoms with Gasteiger partial charge in [-0.15, -0.1) is 6.58 Å². The quantitative estimate of drug-likeness (QED) is 0.443. The summed E-state index contributed by atoms with van der Waals surface area (Å²) in [6.07, 6.45) is 3.19. The minimum atomic E-state index is 0.195. The van der Waals surface area contributed by atoms with E-state index >= 15 is 0 Å². The highest BCUT2D eigenvalue weighted by Gasteiger charge is 1.77. The third kappa shape index (κ3) is 34.7. The Balaban J connectivity index is 0. The molecule has 0 amide bonds. The van der Waals surface area contributed by atoms with Crippen LogP contribution in [0.15, 0.2) is 12.7 Å². The Kier molecular flexibility index (Phi) is 19.9. The van der Waals surface area contributed by atoms with Crippen LogP contribution in [-0.4, -0.2) is 23.4 Å². The van der Waals surface area contributed by atoms with Crippen molar-refractivity contribution >= 4 is 0 Å². The lowest BCUT2D eigenvalue weighted by molar-refractivity contribution is 0.242. The fourth-order valence-electron chi connectivity index (χ4n) is 0.224. The molecule has 56 valence electrons. The van der Waals surface area contributed by atoms with Gasteiger partial charge in [-0.3, -0.25) is 0 Å². The van der Waals surface area contributed by atoms with Crippen LogP contribution in [0, 0.1) is 0 Å². The van der Waals surface area contributed by atoms with Crippen LogP contribution >= 0.6 is 0 Å². The average molecular weight is 132 g/mol. The van der Waals surface area contributed by atoms with Gasteiger partial charge in [-0.2, -0.15) is 0 Å². The zero-order chi connectivity index (χ0) is 7.54.